The van der Waals surface area contributed by atoms with Crippen LogP contribution < -0.4 is 5.32 Å². The van der Waals surface area contributed by atoms with E-state index in [0.29, 0.717) is 18.7 Å². The maximum atomic E-state index is 13.9. The minimum Gasteiger partial charge on any atom is -0.361 e. The molecule has 0 saturated carbocycles. The molecule has 5 heteroatoms. The maximum Gasteiger partial charge on any atom is 0.237 e. The van der Waals surface area contributed by atoms with Crippen LogP contribution in [0.15, 0.2) is 54.7 Å². The van der Waals surface area contributed by atoms with Gasteiger partial charge in [0.2, 0.25) is 5.91 Å². The van der Waals surface area contributed by atoms with Crippen molar-refractivity contribution in [2.75, 3.05) is 6.54 Å². The molecular weight excluding hydrogens is 329 g/mol. The van der Waals surface area contributed by atoms with Gasteiger partial charge in [-0.25, -0.2) is 4.39 Å². The number of para-hydroxylation sites is 1. The number of fused-ring (bicyclic) bond motifs is 1. The molecule has 2 N–H and O–H groups in total. The monoisotopic (exact) mass is 351 g/mol. The molecule has 0 bridgehead atoms. The number of likely N-dealkylation sites (tertiary alicyclic amines) is 1. The van der Waals surface area contributed by atoms with E-state index >= 15 is 0 Å². The summed E-state index contributed by atoms with van der Waals surface area (Å²) in [6, 6.07) is 14.6. The Morgan fingerprint density at radius 3 is 2.85 bits per heavy atom. The van der Waals surface area contributed by atoms with E-state index in [2.05, 4.69) is 15.2 Å². The van der Waals surface area contributed by atoms with Crippen molar-refractivity contribution in [1.82, 2.24) is 15.2 Å². The zero-order valence-electron chi connectivity index (χ0n) is 14.5. The van der Waals surface area contributed by atoms with Crippen molar-refractivity contribution in [3.05, 3.63) is 71.7 Å². The second-order valence-electron chi connectivity index (χ2n) is 6.80. The highest BCUT2D eigenvalue weighted by molar-refractivity contribution is 5.85. The van der Waals surface area contributed by atoms with Crippen molar-refractivity contribution in [3.63, 3.8) is 0 Å². The Morgan fingerprint density at radius 2 is 1.96 bits per heavy atom. The van der Waals surface area contributed by atoms with E-state index in [1.807, 2.05) is 36.5 Å². The number of halogens is 1. The fourth-order valence-corrected chi connectivity index (χ4v) is 3.74. The number of amides is 1. The van der Waals surface area contributed by atoms with Crippen molar-refractivity contribution >= 4 is 16.8 Å². The van der Waals surface area contributed by atoms with Crippen LogP contribution in [0.3, 0.4) is 0 Å². The van der Waals surface area contributed by atoms with Crippen LogP contribution in [0.1, 0.15) is 24.0 Å². The van der Waals surface area contributed by atoms with Gasteiger partial charge in [0.1, 0.15) is 5.82 Å². The second-order valence-corrected chi connectivity index (χ2v) is 6.80. The van der Waals surface area contributed by atoms with Crippen LogP contribution in [0.25, 0.3) is 10.9 Å². The van der Waals surface area contributed by atoms with Crippen molar-refractivity contribution in [2.45, 2.75) is 32.0 Å². The molecule has 1 atom stereocenters. The van der Waals surface area contributed by atoms with E-state index in [1.54, 1.807) is 12.1 Å². The van der Waals surface area contributed by atoms with Gasteiger partial charge < -0.3 is 10.3 Å². The fraction of sp³-hybridized carbons (Fsp3) is 0.286. The van der Waals surface area contributed by atoms with Crippen molar-refractivity contribution in [3.8, 4) is 0 Å². The molecule has 1 aliphatic rings. The lowest BCUT2D eigenvalue weighted by Gasteiger charge is -2.24. The molecule has 3 aromatic rings. The van der Waals surface area contributed by atoms with Crippen LogP contribution >= 0.6 is 0 Å². The summed E-state index contributed by atoms with van der Waals surface area (Å²) < 4.78 is 13.9. The van der Waals surface area contributed by atoms with E-state index in [-0.39, 0.29) is 17.8 Å². The van der Waals surface area contributed by atoms with E-state index in [4.69, 9.17) is 0 Å². The van der Waals surface area contributed by atoms with Gasteiger partial charge >= 0.3 is 0 Å². The lowest BCUT2D eigenvalue weighted by atomic mass is 10.1. The molecule has 2 heterocycles. The molecule has 1 aliphatic heterocycles. The van der Waals surface area contributed by atoms with Crippen LogP contribution in [0.5, 0.6) is 0 Å². The van der Waals surface area contributed by atoms with Gasteiger partial charge in [-0.2, -0.15) is 0 Å². The smallest absolute Gasteiger partial charge is 0.237 e. The average Bonchev–Trinajstić information content (AvgIpc) is 3.29. The quantitative estimate of drug-likeness (QED) is 0.738. The van der Waals surface area contributed by atoms with Crippen LogP contribution in [0.4, 0.5) is 4.39 Å². The minimum atomic E-state index is -0.211. The average molecular weight is 351 g/mol. The number of hydrogen-bond donors (Lipinski definition) is 2. The molecule has 1 fully saturated rings. The third kappa shape index (κ3) is 3.35. The van der Waals surface area contributed by atoms with Gasteiger partial charge in [0.25, 0.3) is 0 Å². The zero-order chi connectivity index (χ0) is 17.9. The molecule has 134 valence electrons. The van der Waals surface area contributed by atoms with Crippen molar-refractivity contribution < 1.29 is 9.18 Å². The molecule has 1 saturated heterocycles. The molecular formula is C21H22FN3O. The number of benzene rings is 2. The van der Waals surface area contributed by atoms with Crippen LogP contribution in [0.2, 0.25) is 0 Å². The number of rotatable bonds is 5. The topological polar surface area (TPSA) is 48.1 Å². The Labute approximate surface area is 152 Å². The Kier molecular flexibility index (Phi) is 4.71. The highest BCUT2D eigenvalue weighted by Gasteiger charge is 2.30. The zero-order valence-corrected chi connectivity index (χ0v) is 14.5. The molecule has 26 heavy (non-hydrogen) atoms. The first-order valence-electron chi connectivity index (χ1n) is 9.02. The Morgan fingerprint density at radius 1 is 1.15 bits per heavy atom. The summed E-state index contributed by atoms with van der Waals surface area (Å²) in [5.41, 5.74) is 2.79. The number of H-pyrrole nitrogens is 1. The summed E-state index contributed by atoms with van der Waals surface area (Å²) in [5.74, 6) is -0.193. The highest BCUT2D eigenvalue weighted by atomic mass is 19.1. The number of carbonyl (C=O) groups is 1. The number of nitrogens with one attached hydrogen (secondary N) is 2. The minimum absolute atomic E-state index is 0.0177. The molecule has 1 amide bonds. The summed E-state index contributed by atoms with van der Waals surface area (Å²) in [6.07, 6.45) is 3.71. The van der Waals surface area contributed by atoms with Crippen molar-refractivity contribution in [1.29, 1.82) is 0 Å². The van der Waals surface area contributed by atoms with Gasteiger partial charge in [0.05, 0.1) is 6.04 Å². The first-order chi connectivity index (χ1) is 12.7. The van der Waals surface area contributed by atoms with Gasteiger partial charge in [0.15, 0.2) is 0 Å². The fourth-order valence-electron chi connectivity index (χ4n) is 3.74. The maximum absolute atomic E-state index is 13.9. The van der Waals surface area contributed by atoms with E-state index < -0.39 is 0 Å². The molecule has 0 radical (unpaired) electrons. The predicted molar refractivity (Wildman–Crippen MR) is 100.0 cm³/mol. The predicted octanol–water partition coefficient (Wildman–Crippen LogP) is 3.59. The number of hydrogen-bond acceptors (Lipinski definition) is 2. The lowest BCUT2D eigenvalue weighted by molar-refractivity contribution is -0.125. The van der Waals surface area contributed by atoms with Crippen LogP contribution in [-0.4, -0.2) is 28.4 Å². The normalized spacial score (nSPS) is 17.7. The first-order valence-corrected chi connectivity index (χ1v) is 9.02. The number of aromatic amines is 1. The lowest BCUT2D eigenvalue weighted by Crippen LogP contribution is -2.42. The SMILES string of the molecule is O=C(NCc1c[nH]c2ccccc12)C1CCCN1Cc1ccccc1F. The summed E-state index contributed by atoms with van der Waals surface area (Å²) in [6.45, 7) is 1.78. The summed E-state index contributed by atoms with van der Waals surface area (Å²) >= 11 is 0. The van der Waals surface area contributed by atoms with Crippen LogP contribution in [-0.2, 0) is 17.9 Å². The largest absolute Gasteiger partial charge is 0.361 e. The first kappa shape index (κ1) is 16.8. The standard InChI is InChI=1S/C21H22FN3O/c22-18-8-3-1-6-15(18)14-25-11-5-10-20(25)21(26)24-13-16-12-23-19-9-4-2-7-17(16)19/h1-4,6-9,12,20,23H,5,10-11,13-14H2,(H,24,26). The Hall–Kier alpha value is -2.66. The van der Waals surface area contributed by atoms with Gasteiger partial charge in [-0.3, -0.25) is 9.69 Å². The van der Waals surface area contributed by atoms with Crippen LogP contribution in [0, 0.1) is 5.82 Å². The second kappa shape index (κ2) is 7.30. The molecule has 4 rings (SSSR count). The Balaban J connectivity index is 1.41. The molecule has 1 unspecified atom stereocenters. The molecule has 1 aromatic heterocycles. The summed E-state index contributed by atoms with van der Waals surface area (Å²) in [4.78, 5) is 18.0. The van der Waals surface area contributed by atoms with Gasteiger partial charge in [0, 0.05) is 35.8 Å². The van der Waals surface area contributed by atoms with Gasteiger partial charge in [-0.15, -0.1) is 0 Å². The Bertz CT molecular complexity index is 920. The molecule has 0 aliphatic carbocycles. The molecule has 2 aromatic carbocycles. The number of aromatic nitrogens is 1. The number of carbonyl (C=O) groups excluding carboxylic acids is 1. The third-order valence-corrected chi connectivity index (χ3v) is 5.13. The molecule has 0 spiro atoms. The highest BCUT2D eigenvalue weighted by Crippen LogP contribution is 2.22. The number of nitrogens with zero attached hydrogens (tertiary/aromatic N) is 1. The summed E-state index contributed by atoms with van der Waals surface area (Å²) in [5, 5.41) is 4.18. The van der Waals surface area contributed by atoms with Gasteiger partial charge in [-0.1, -0.05) is 36.4 Å². The summed E-state index contributed by atoms with van der Waals surface area (Å²) in [7, 11) is 0. The third-order valence-electron chi connectivity index (χ3n) is 5.13. The molecule has 4 nitrogen and oxygen atoms in total. The van der Waals surface area contributed by atoms with Gasteiger partial charge in [-0.05, 0) is 37.1 Å². The van der Waals surface area contributed by atoms with Crippen molar-refractivity contribution in [2.24, 2.45) is 0 Å². The van der Waals surface area contributed by atoms with E-state index in [1.165, 1.54) is 6.07 Å². The van der Waals surface area contributed by atoms with E-state index in [9.17, 15) is 9.18 Å². The van der Waals surface area contributed by atoms with E-state index in [0.717, 1.165) is 35.9 Å².